The number of carboxylic acids is 1. The minimum atomic E-state index is -0.992. The molecule has 0 aromatic heterocycles. The van der Waals surface area contributed by atoms with Gasteiger partial charge in [0.2, 0.25) is 6.29 Å². The molecule has 0 aliphatic heterocycles. The summed E-state index contributed by atoms with van der Waals surface area (Å²) in [6.45, 7) is 1.91. The van der Waals surface area contributed by atoms with E-state index in [2.05, 4.69) is 0 Å². The molecule has 1 N–H and O–H groups in total. The molecule has 0 bridgehead atoms. The molecule has 0 saturated heterocycles. The summed E-state index contributed by atoms with van der Waals surface area (Å²) in [6, 6.07) is 0. The van der Waals surface area contributed by atoms with Gasteiger partial charge in [-0.05, 0) is 19.3 Å². The standard InChI is InChI=1S/C14H26O5/c1-2-9-13(17)19-14(18)11-8-6-4-3-5-7-10-12(15)16/h13,17H,2-11H2,1H3,(H,15,16)/p-1. The normalized spacial score (nSPS) is 12.1. The Hall–Kier alpha value is -1.10. The van der Waals surface area contributed by atoms with Crippen molar-refractivity contribution in [3.8, 4) is 0 Å². The predicted octanol–water partition coefficient (Wildman–Crippen LogP) is 1.52. The van der Waals surface area contributed by atoms with E-state index >= 15 is 0 Å². The van der Waals surface area contributed by atoms with Crippen LogP contribution in [0.5, 0.6) is 0 Å². The van der Waals surface area contributed by atoms with Crippen LogP contribution in [0.2, 0.25) is 0 Å². The van der Waals surface area contributed by atoms with E-state index in [0.29, 0.717) is 19.3 Å². The minimum absolute atomic E-state index is 0.127. The second-order valence-electron chi connectivity index (χ2n) is 4.73. The first-order valence-corrected chi connectivity index (χ1v) is 7.13. The summed E-state index contributed by atoms with van der Waals surface area (Å²) in [7, 11) is 0. The van der Waals surface area contributed by atoms with Gasteiger partial charge in [0.25, 0.3) is 0 Å². The molecule has 1 atom stereocenters. The number of hydrogen-bond donors (Lipinski definition) is 1. The van der Waals surface area contributed by atoms with Crippen molar-refractivity contribution in [2.24, 2.45) is 0 Å². The van der Waals surface area contributed by atoms with Crippen LogP contribution >= 0.6 is 0 Å². The van der Waals surface area contributed by atoms with Crippen molar-refractivity contribution in [1.29, 1.82) is 0 Å². The molecule has 112 valence electrons. The topological polar surface area (TPSA) is 86.7 Å². The Morgan fingerprint density at radius 1 is 1.05 bits per heavy atom. The van der Waals surface area contributed by atoms with Crippen molar-refractivity contribution in [3.63, 3.8) is 0 Å². The van der Waals surface area contributed by atoms with Crippen molar-refractivity contribution in [2.75, 3.05) is 0 Å². The third kappa shape index (κ3) is 13.1. The first-order chi connectivity index (χ1) is 9.06. The number of carbonyl (C=O) groups is 2. The Balaban J connectivity index is 3.29. The van der Waals surface area contributed by atoms with Crippen LogP contribution in [-0.4, -0.2) is 23.3 Å². The number of unbranched alkanes of at least 4 members (excludes halogenated alkanes) is 5. The highest BCUT2D eigenvalue weighted by molar-refractivity contribution is 5.69. The molecular weight excluding hydrogens is 248 g/mol. The highest BCUT2D eigenvalue weighted by Gasteiger charge is 2.09. The molecule has 0 aliphatic rings. The maximum absolute atomic E-state index is 11.3. The molecule has 0 saturated carbocycles. The van der Waals surface area contributed by atoms with Gasteiger partial charge < -0.3 is 19.7 Å². The molecule has 0 heterocycles. The Morgan fingerprint density at radius 3 is 2.11 bits per heavy atom. The quantitative estimate of drug-likeness (QED) is 0.331. The third-order valence-electron chi connectivity index (χ3n) is 2.81. The zero-order valence-electron chi connectivity index (χ0n) is 11.7. The van der Waals surface area contributed by atoms with Crippen LogP contribution in [0.1, 0.15) is 71.1 Å². The number of aliphatic hydroxyl groups excluding tert-OH is 1. The smallest absolute Gasteiger partial charge is 0.308 e. The Bertz CT molecular complexity index is 252. The monoisotopic (exact) mass is 273 g/mol. The van der Waals surface area contributed by atoms with Crippen molar-refractivity contribution >= 4 is 11.9 Å². The first kappa shape index (κ1) is 17.9. The Labute approximate surface area is 115 Å². The summed E-state index contributed by atoms with van der Waals surface area (Å²) < 4.78 is 4.81. The van der Waals surface area contributed by atoms with E-state index in [4.69, 9.17) is 4.74 Å². The molecule has 0 aliphatic carbocycles. The first-order valence-electron chi connectivity index (χ1n) is 7.13. The number of aliphatic hydroxyl groups is 1. The molecule has 5 nitrogen and oxygen atoms in total. The number of carboxylic acid groups (broad SMARTS) is 1. The summed E-state index contributed by atoms with van der Waals surface area (Å²) in [5.41, 5.74) is 0. The van der Waals surface area contributed by atoms with Crippen molar-refractivity contribution in [2.45, 2.75) is 77.4 Å². The van der Waals surface area contributed by atoms with Gasteiger partial charge in [0.15, 0.2) is 0 Å². The molecule has 0 aromatic rings. The van der Waals surface area contributed by atoms with E-state index in [-0.39, 0.29) is 12.4 Å². The fourth-order valence-corrected chi connectivity index (χ4v) is 1.76. The van der Waals surface area contributed by atoms with Gasteiger partial charge in [-0.15, -0.1) is 0 Å². The molecule has 0 rings (SSSR count). The van der Waals surface area contributed by atoms with E-state index in [1.165, 1.54) is 0 Å². The summed E-state index contributed by atoms with van der Waals surface area (Å²) in [5.74, 6) is -1.34. The molecule has 0 fully saturated rings. The molecule has 1 unspecified atom stereocenters. The van der Waals surface area contributed by atoms with Gasteiger partial charge in [0.05, 0.1) is 0 Å². The van der Waals surface area contributed by atoms with Crippen LogP contribution < -0.4 is 5.11 Å². The van der Waals surface area contributed by atoms with E-state index in [1.54, 1.807) is 0 Å². The highest BCUT2D eigenvalue weighted by atomic mass is 16.6. The summed E-state index contributed by atoms with van der Waals surface area (Å²) >= 11 is 0. The van der Waals surface area contributed by atoms with Crippen LogP contribution in [0.4, 0.5) is 0 Å². The molecule has 5 heteroatoms. The average molecular weight is 273 g/mol. The van der Waals surface area contributed by atoms with Crippen LogP contribution in [-0.2, 0) is 14.3 Å². The zero-order valence-corrected chi connectivity index (χ0v) is 11.7. The lowest BCUT2D eigenvalue weighted by Crippen LogP contribution is -2.21. The van der Waals surface area contributed by atoms with E-state index < -0.39 is 12.3 Å². The fourth-order valence-electron chi connectivity index (χ4n) is 1.76. The van der Waals surface area contributed by atoms with Crippen LogP contribution in [0, 0.1) is 0 Å². The van der Waals surface area contributed by atoms with Gasteiger partial charge in [0, 0.05) is 18.8 Å². The molecule has 0 radical (unpaired) electrons. The Kier molecular flexibility index (Phi) is 11.3. The number of ether oxygens (including phenoxy) is 1. The van der Waals surface area contributed by atoms with Crippen LogP contribution in [0.15, 0.2) is 0 Å². The largest absolute Gasteiger partial charge is 0.550 e. The minimum Gasteiger partial charge on any atom is -0.550 e. The summed E-state index contributed by atoms with van der Waals surface area (Å²) in [4.78, 5) is 21.4. The molecule has 0 aromatic carbocycles. The molecule has 0 spiro atoms. The van der Waals surface area contributed by atoms with E-state index in [9.17, 15) is 19.8 Å². The zero-order chi connectivity index (χ0) is 14.5. The number of aliphatic carboxylic acids is 1. The lowest BCUT2D eigenvalue weighted by atomic mass is 10.1. The van der Waals surface area contributed by atoms with Gasteiger partial charge in [-0.1, -0.05) is 39.0 Å². The average Bonchev–Trinajstić information content (AvgIpc) is 2.32. The fraction of sp³-hybridized carbons (Fsp3) is 0.857. The summed E-state index contributed by atoms with van der Waals surface area (Å²) in [5, 5.41) is 19.4. The molecular formula is C14H25O5-. The van der Waals surface area contributed by atoms with Gasteiger partial charge in [-0.2, -0.15) is 0 Å². The molecule has 0 amide bonds. The Morgan fingerprint density at radius 2 is 1.58 bits per heavy atom. The van der Waals surface area contributed by atoms with E-state index in [0.717, 1.165) is 38.5 Å². The predicted molar refractivity (Wildman–Crippen MR) is 68.9 cm³/mol. The number of rotatable bonds is 12. The van der Waals surface area contributed by atoms with E-state index in [1.807, 2.05) is 6.92 Å². The van der Waals surface area contributed by atoms with Gasteiger partial charge in [0.1, 0.15) is 0 Å². The van der Waals surface area contributed by atoms with Gasteiger partial charge >= 0.3 is 5.97 Å². The molecule has 19 heavy (non-hydrogen) atoms. The van der Waals surface area contributed by atoms with Crippen molar-refractivity contribution < 1.29 is 24.5 Å². The second-order valence-corrected chi connectivity index (χ2v) is 4.73. The van der Waals surface area contributed by atoms with Crippen molar-refractivity contribution in [3.05, 3.63) is 0 Å². The van der Waals surface area contributed by atoms with Crippen LogP contribution in [0.25, 0.3) is 0 Å². The second kappa shape index (κ2) is 12.0. The van der Waals surface area contributed by atoms with Crippen LogP contribution in [0.3, 0.4) is 0 Å². The SMILES string of the molecule is CCCC(O)OC(=O)CCCCCCCCC(=O)[O-]. The maximum atomic E-state index is 11.3. The number of carbonyl (C=O) groups excluding carboxylic acids is 2. The van der Waals surface area contributed by atoms with Gasteiger partial charge in [-0.25, -0.2) is 0 Å². The lowest BCUT2D eigenvalue weighted by molar-refractivity contribution is -0.305. The highest BCUT2D eigenvalue weighted by Crippen LogP contribution is 2.09. The summed E-state index contributed by atoms with van der Waals surface area (Å²) in [6.07, 6.45) is 5.91. The number of esters is 1. The van der Waals surface area contributed by atoms with Crippen molar-refractivity contribution in [1.82, 2.24) is 0 Å². The number of hydrogen-bond acceptors (Lipinski definition) is 5. The third-order valence-corrected chi connectivity index (χ3v) is 2.81. The maximum Gasteiger partial charge on any atom is 0.308 e. The van der Waals surface area contributed by atoms with Gasteiger partial charge in [-0.3, -0.25) is 4.79 Å². The lowest BCUT2D eigenvalue weighted by Gasteiger charge is -2.10.